The molecule has 114 valence electrons. The van der Waals surface area contributed by atoms with E-state index in [1.54, 1.807) is 0 Å². The minimum atomic E-state index is 0.283. The molecule has 1 unspecified atom stereocenters. The van der Waals surface area contributed by atoms with Crippen LogP contribution in [-0.2, 0) is 4.74 Å². The Hall–Kier alpha value is -0.770. The fourth-order valence-corrected chi connectivity index (χ4v) is 2.39. The molecule has 0 amide bonds. The zero-order chi connectivity index (χ0) is 15.0. The van der Waals surface area contributed by atoms with Crippen LogP contribution in [-0.4, -0.2) is 33.4 Å². The van der Waals surface area contributed by atoms with E-state index in [-0.39, 0.29) is 6.04 Å². The number of benzene rings is 1. The van der Waals surface area contributed by atoms with Crippen molar-refractivity contribution in [3.8, 4) is 0 Å². The second kappa shape index (κ2) is 9.22. The molecule has 1 rings (SSSR count). The first-order chi connectivity index (χ1) is 9.60. The SMILES string of the molecule is CCCNC(C)c1ccc(N(C)CCOCC)cc1Cl. The Balaban J connectivity index is 2.66. The summed E-state index contributed by atoms with van der Waals surface area (Å²) in [5.41, 5.74) is 2.28. The number of hydrogen-bond donors (Lipinski definition) is 1. The molecule has 0 heterocycles. The second-order valence-electron chi connectivity index (χ2n) is 5.00. The van der Waals surface area contributed by atoms with Gasteiger partial charge in [-0.2, -0.15) is 0 Å². The van der Waals surface area contributed by atoms with E-state index in [9.17, 15) is 0 Å². The van der Waals surface area contributed by atoms with Crippen molar-refractivity contribution in [2.75, 3.05) is 38.3 Å². The van der Waals surface area contributed by atoms with Gasteiger partial charge >= 0.3 is 0 Å². The van der Waals surface area contributed by atoms with Crippen molar-refractivity contribution in [2.24, 2.45) is 0 Å². The van der Waals surface area contributed by atoms with Gasteiger partial charge in [-0.3, -0.25) is 0 Å². The van der Waals surface area contributed by atoms with Crippen LogP contribution in [0.25, 0.3) is 0 Å². The van der Waals surface area contributed by atoms with Crippen LogP contribution in [0.15, 0.2) is 18.2 Å². The Kier molecular flexibility index (Phi) is 7.97. The second-order valence-corrected chi connectivity index (χ2v) is 5.41. The van der Waals surface area contributed by atoms with Gasteiger partial charge in [0.25, 0.3) is 0 Å². The number of anilines is 1. The molecule has 0 saturated carbocycles. The van der Waals surface area contributed by atoms with Gasteiger partial charge in [0.15, 0.2) is 0 Å². The van der Waals surface area contributed by atoms with Crippen LogP contribution in [0.5, 0.6) is 0 Å². The molecule has 0 radical (unpaired) electrons. The molecule has 0 aliphatic carbocycles. The predicted octanol–water partition coefficient (Wildman–Crippen LogP) is 3.87. The normalized spacial score (nSPS) is 12.4. The van der Waals surface area contributed by atoms with Crippen LogP contribution in [0.1, 0.15) is 38.8 Å². The number of nitrogens with one attached hydrogen (secondary N) is 1. The Morgan fingerprint density at radius 3 is 2.70 bits per heavy atom. The molecule has 1 N–H and O–H groups in total. The molecule has 3 nitrogen and oxygen atoms in total. The lowest BCUT2D eigenvalue weighted by atomic mass is 10.1. The van der Waals surface area contributed by atoms with Gasteiger partial charge in [-0.15, -0.1) is 0 Å². The molecular weight excluding hydrogens is 272 g/mol. The van der Waals surface area contributed by atoms with E-state index in [2.05, 4.69) is 43.2 Å². The van der Waals surface area contributed by atoms with Crippen LogP contribution < -0.4 is 10.2 Å². The number of likely N-dealkylation sites (N-methyl/N-ethyl adjacent to an activating group) is 1. The Morgan fingerprint density at radius 2 is 2.10 bits per heavy atom. The highest BCUT2D eigenvalue weighted by molar-refractivity contribution is 6.31. The molecule has 0 bridgehead atoms. The lowest BCUT2D eigenvalue weighted by Gasteiger charge is -2.21. The van der Waals surface area contributed by atoms with Crippen LogP contribution in [0.4, 0.5) is 5.69 Å². The standard InChI is InChI=1S/C16H27ClN2O/c1-5-9-18-13(3)15-8-7-14(12-16(15)17)19(4)10-11-20-6-2/h7-8,12-13,18H,5-6,9-11H2,1-4H3. The molecule has 0 spiro atoms. The summed E-state index contributed by atoms with van der Waals surface area (Å²) in [6.45, 7) is 9.69. The average molecular weight is 299 g/mol. The third-order valence-corrected chi connectivity index (χ3v) is 3.69. The molecule has 0 aliphatic rings. The van der Waals surface area contributed by atoms with Crippen molar-refractivity contribution in [1.82, 2.24) is 5.32 Å². The minimum absolute atomic E-state index is 0.283. The van der Waals surface area contributed by atoms with Crippen LogP contribution >= 0.6 is 11.6 Å². The van der Waals surface area contributed by atoms with E-state index in [1.807, 2.05) is 13.0 Å². The summed E-state index contributed by atoms with van der Waals surface area (Å²) >= 11 is 6.41. The summed E-state index contributed by atoms with van der Waals surface area (Å²) in [4.78, 5) is 2.16. The molecule has 1 atom stereocenters. The largest absolute Gasteiger partial charge is 0.380 e. The first kappa shape index (κ1) is 17.3. The maximum atomic E-state index is 6.41. The van der Waals surface area contributed by atoms with Crippen molar-refractivity contribution in [3.63, 3.8) is 0 Å². The third kappa shape index (κ3) is 5.31. The van der Waals surface area contributed by atoms with Crippen molar-refractivity contribution in [3.05, 3.63) is 28.8 Å². The topological polar surface area (TPSA) is 24.5 Å². The van der Waals surface area contributed by atoms with Gasteiger partial charge in [0.1, 0.15) is 0 Å². The Morgan fingerprint density at radius 1 is 1.35 bits per heavy atom. The molecule has 4 heteroatoms. The third-order valence-electron chi connectivity index (χ3n) is 3.37. The van der Waals surface area contributed by atoms with Crippen LogP contribution in [0.3, 0.4) is 0 Å². The highest BCUT2D eigenvalue weighted by Gasteiger charge is 2.10. The summed E-state index contributed by atoms with van der Waals surface area (Å²) in [5, 5.41) is 4.28. The lowest BCUT2D eigenvalue weighted by Crippen LogP contribution is -2.23. The first-order valence-electron chi connectivity index (χ1n) is 7.41. The van der Waals surface area contributed by atoms with E-state index in [4.69, 9.17) is 16.3 Å². The molecule has 1 aromatic rings. The van der Waals surface area contributed by atoms with Crippen LogP contribution in [0.2, 0.25) is 5.02 Å². The number of ether oxygens (including phenoxy) is 1. The highest BCUT2D eigenvalue weighted by Crippen LogP contribution is 2.27. The summed E-state index contributed by atoms with van der Waals surface area (Å²) in [7, 11) is 2.06. The lowest BCUT2D eigenvalue weighted by molar-refractivity contribution is 0.154. The van der Waals surface area contributed by atoms with Gasteiger partial charge in [0, 0.05) is 37.0 Å². The van der Waals surface area contributed by atoms with Gasteiger partial charge in [0.2, 0.25) is 0 Å². The zero-order valence-electron chi connectivity index (χ0n) is 13.1. The number of nitrogens with zero attached hydrogens (tertiary/aromatic N) is 1. The highest BCUT2D eigenvalue weighted by atomic mass is 35.5. The average Bonchev–Trinajstić information content (AvgIpc) is 2.44. The van der Waals surface area contributed by atoms with Gasteiger partial charge in [-0.05, 0) is 44.5 Å². The summed E-state index contributed by atoms with van der Waals surface area (Å²) in [6, 6.07) is 6.55. The predicted molar refractivity (Wildman–Crippen MR) is 87.9 cm³/mol. The quantitative estimate of drug-likeness (QED) is 0.700. The van der Waals surface area contributed by atoms with Crippen molar-refractivity contribution in [2.45, 2.75) is 33.2 Å². The first-order valence-corrected chi connectivity index (χ1v) is 7.79. The van der Waals surface area contributed by atoms with Gasteiger partial charge in [0.05, 0.1) is 6.61 Å². The smallest absolute Gasteiger partial charge is 0.0641 e. The van der Waals surface area contributed by atoms with E-state index < -0.39 is 0 Å². The number of hydrogen-bond acceptors (Lipinski definition) is 3. The van der Waals surface area contributed by atoms with E-state index in [0.717, 1.165) is 49.0 Å². The molecular formula is C16H27ClN2O. The maximum absolute atomic E-state index is 6.41. The molecule has 0 aromatic heterocycles. The summed E-state index contributed by atoms with van der Waals surface area (Å²) < 4.78 is 5.38. The van der Waals surface area contributed by atoms with Crippen molar-refractivity contribution >= 4 is 17.3 Å². The van der Waals surface area contributed by atoms with E-state index >= 15 is 0 Å². The molecule has 0 aliphatic heterocycles. The van der Waals surface area contributed by atoms with Crippen molar-refractivity contribution < 1.29 is 4.74 Å². The summed E-state index contributed by atoms with van der Waals surface area (Å²) in [5.74, 6) is 0. The van der Waals surface area contributed by atoms with E-state index in [0.29, 0.717) is 0 Å². The number of halogens is 1. The van der Waals surface area contributed by atoms with Crippen LogP contribution in [0, 0.1) is 0 Å². The van der Waals surface area contributed by atoms with Gasteiger partial charge in [-0.25, -0.2) is 0 Å². The molecule has 20 heavy (non-hydrogen) atoms. The minimum Gasteiger partial charge on any atom is -0.380 e. The van der Waals surface area contributed by atoms with Gasteiger partial charge < -0.3 is 15.0 Å². The van der Waals surface area contributed by atoms with E-state index in [1.165, 1.54) is 0 Å². The molecule has 1 aromatic carbocycles. The Labute approximate surface area is 128 Å². The Bertz CT molecular complexity index is 398. The molecule has 0 fully saturated rings. The fraction of sp³-hybridized carbons (Fsp3) is 0.625. The monoisotopic (exact) mass is 298 g/mol. The fourth-order valence-electron chi connectivity index (χ4n) is 2.05. The molecule has 0 saturated heterocycles. The van der Waals surface area contributed by atoms with Gasteiger partial charge in [-0.1, -0.05) is 24.6 Å². The zero-order valence-corrected chi connectivity index (χ0v) is 13.8. The van der Waals surface area contributed by atoms with Crippen molar-refractivity contribution in [1.29, 1.82) is 0 Å². The summed E-state index contributed by atoms with van der Waals surface area (Å²) in [6.07, 6.45) is 1.13. The maximum Gasteiger partial charge on any atom is 0.0641 e. The number of rotatable bonds is 9.